The summed E-state index contributed by atoms with van der Waals surface area (Å²) in [4.78, 5) is 0. The summed E-state index contributed by atoms with van der Waals surface area (Å²) in [6.07, 6.45) is 5.35. The number of hydrogen-bond acceptors (Lipinski definition) is 2. The Balaban J connectivity index is 3.12. The van der Waals surface area contributed by atoms with Gasteiger partial charge in [0, 0.05) is 5.41 Å². The van der Waals surface area contributed by atoms with Gasteiger partial charge in [-0.25, -0.2) is 0 Å². The Hall–Kier alpha value is -0.860. The van der Waals surface area contributed by atoms with Crippen LogP contribution in [-0.4, -0.2) is 21.9 Å². The van der Waals surface area contributed by atoms with Crippen molar-refractivity contribution < 1.29 is 10.2 Å². The normalized spacial score (nSPS) is 40.2. The summed E-state index contributed by atoms with van der Waals surface area (Å²) in [5.74, 6) is 0.169. The molecule has 0 unspecified atom stereocenters. The molecule has 1 fully saturated rings. The minimum atomic E-state index is -0.940. The smallest absolute Gasteiger partial charge is 0.0768 e. The van der Waals surface area contributed by atoms with Crippen molar-refractivity contribution in [3.63, 3.8) is 0 Å². The van der Waals surface area contributed by atoms with E-state index in [9.17, 15) is 10.2 Å². The fourth-order valence-electron chi connectivity index (χ4n) is 3.12. The van der Waals surface area contributed by atoms with Crippen LogP contribution in [0.3, 0.4) is 0 Å². The molecule has 1 rings (SSSR count). The lowest BCUT2D eigenvalue weighted by atomic mass is 9.56. The molecule has 4 atom stereocenters. The molecule has 0 heterocycles. The van der Waals surface area contributed by atoms with Gasteiger partial charge in [0.15, 0.2) is 0 Å². The van der Waals surface area contributed by atoms with Gasteiger partial charge in [-0.15, -0.1) is 13.2 Å². The van der Waals surface area contributed by atoms with Gasteiger partial charge in [-0.1, -0.05) is 31.2 Å². The van der Waals surface area contributed by atoms with Crippen LogP contribution in [0, 0.1) is 11.3 Å². The molecule has 102 valence electrons. The maximum absolute atomic E-state index is 11.0. The van der Waals surface area contributed by atoms with E-state index in [0.29, 0.717) is 25.7 Å². The minimum absolute atomic E-state index is 0.169. The molecule has 2 heteroatoms. The Kier molecular flexibility index (Phi) is 4.57. The zero-order valence-corrected chi connectivity index (χ0v) is 11.7. The molecule has 0 bridgehead atoms. The lowest BCUT2D eigenvalue weighted by Gasteiger charge is -2.53. The Morgan fingerprint density at radius 3 is 2.33 bits per heavy atom. The second kappa shape index (κ2) is 5.41. The molecule has 1 aliphatic rings. The average Bonchev–Trinajstić information content (AvgIpc) is 2.26. The van der Waals surface area contributed by atoms with Crippen molar-refractivity contribution in [3.05, 3.63) is 37.5 Å². The summed E-state index contributed by atoms with van der Waals surface area (Å²) in [6.45, 7) is 15.3. The number of aliphatic hydroxyl groups excluding tert-OH is 1. The molecule has 2 nitrogen and oxygen atoms in total. The van der Waals surface area contributed by atoms with Crippen LogP contribution < -0.4 is 0 Å². The van der Waals surface area contributed by atoms with Gasteiger partial charge in [0.2, 0.25) is 0 Å². The molecule has 0 saturated heterocycles. The van der Waals surface area contributed by atoms with Crippen molar-refractivity contribution in [2.24, 2.45) is 11.3 Å². The number of allylic oxidation sites excluding steroid dienone is 2. The van der Waals surface area contributed by atoms with Crippen molar-refractivity contribution in [2.75, 3.05) is 0 Å². The van der Waals surface area contributed by atoms with Gasteiger partial charge in [0.1, 0.15) is 0 Å². The minimum Gasteiger partial charge on any atom is -0.392 e. The van der Waals surface area contributed by atoms with E-state index in [1.165, 1.54) is 0 Å². The first kappa shape index (κ1) is 15.2. The summed E-state index contributed by atoms with van der Waals surface area (Å²) >= 11 is 0. The van der Waals surface area contributed by atoms with E-state index in [1.54, 1.807) is 12.2 Å². The van der Waals surface area contributed by atoms with Crippen molar-refractivity contribution in [3.8, 4) is 0 Å². The van der Waals surface area contributed by atoms with Crippen LogP contribution in [0.1, 0.15) is 39.5 Å². The zero-order valence-electron chi connectivity index (χ0n) is 11.7. The number of hydrogen-bond donors (Lipinski definition) is 2. The average molecular weight is 250 g/mol. The molecule has 0 aromatic heterocycles. The van der Waals surface area contributed by atoms with Gasteiger partial charge >= 0.3 is 0 Å². The molecular weight excluding hydrogens is 224 g/mol. The van der Waals surface area contributed by atoms with E-state index in [-0.39, 0.29) is 5.92 Å². The van der Waals surface area contributed by atoms with E-state index in [1.807, 2.05) is 13.8 Å². The summed E-state index contributed by atoms with van der Waals surface area (Å²) < 4.78 is 0. The molecule has 18 heavy (non-hydrogen) atoms. The standard InChI is InChI=1S/C16H26O2/c1-6-8-15(5)14(17)10-13(12(3)4)11-16(15,18)9-7-2/h6-7,13-14,17-18H,1-3,8-11H2,4-5H3/t13-,14-,15+,16+/m1/s1. The SMILES string of the molecule is C=CC[C@]1(O)C[C@H](C(=C)C)C[C@@H](O)[C@]1(C)CC=C. The first-order chi connectivity index (χ1) is 8.30. The van der Waals surface area contributed by atoms with Gasteiger partial charge in [0.05, 0.1) is 11.7 Å². The predicted octanol–water partition coefficient (Wildman–Crippen LogP) is 3.22. The fourth-order valence-corrected chi connectivity index (χ4v) is 3.12. The molecule has 0 spiro atoms. The molecular formula is C16H26O2. The molecule has 1 aliphatic carbocycles. The lowest BCUT2D eigenvalue weighted by molar-refractivity contribution is -0.171. The summed E-state index contributed by atoms with van der Waals surface area (Å²) in [5.41, 5.74) is -0.476. The van der Waals surface area contributed by atoms with Crippen LogP contribution in [0.4, 0.5) is 0 Å². The van der Waals surface area contributed by atoms with Crippen LogP contribution >= 0.6 is 0 Å². The van der Waals surface area contributed by atoms with Crippen LogP contribution in [0.15, 0.2) is 37.5 Å². The van der Waals surface area contributed by atoms with Gasteiger partial charge in [0.25, 0.3) is 0 Å². The van der Waals surface area contributed by atoms with Crippen LogP contribution in [0.25, 0.3) is 0 Å². The Morgan fingerprint density at radius 1 is 1.33 bits per heavy atom. The van der Waals surface area contributed by atoms with Crippen molar-refractivity contribution in [2.45, 2.75) is 51.2 Å². The quantitative estimate of drug-likeness (QED) is 0.735. The number of rotatable bonds is 5. The molecule has 0 amide bonds. The van der Waals surface area contributed by atoms with E-state index in [0.717, 1.165) is 5.57 Å². The molecule has 0 radical (unpaired) electrons. The fraction of sp³-hybridized carbons (Fsp3) is 0.625. The molecule has 0 aliphatic heterocycles. The third kappa shape index (κ3) is 2.45. The highest BCUT2D eigenvalue weighted by Gasteiger charge is 2.54. The first-order valence-electron chi connectivity index (χ1n) is 6.58. The molecule has 0 aromatic rings. The topological polar surface area (TPSA) is 40.5 Å². The van der Waals surface area contributed by atoms with Crippen molar-refractivity contribution in [1.29, 1.82) is 0 Å². The van der Waals surface area contributed by atoms with Gasteiger partial charge in [-0.05, 0) is 38.5 Å². The largest absolute Gasteiger partial charge is 0.392 e. The second-order valence-electron chi connectivity index (χ2n) is 5.93. The third-order valence-electron chi connectivity index (χ3n) is 4.64. The van der Waals surface area contributed by atoms with Gasteiger partial charge in [-0.2, -0.15) is 0 Å². The van der Waals surface area contributed by atoms with E-state index in [2.05, 4.69) is 19.7 Å². The Bertz CT molecular complexity index is 347. The highest BCUT2D eigenvalue weighted by molar-refractivity contribution is 5.14. The van der Waals surface area contributed by atoms with Gasteiger partial charge in [-0.3, -0.25) is 0 Å². The molecule has 1 saturated carbocycles. The predicted molar refractivity (Wildman–Crippen MR) is 76.2 cm³/mol. The summed E-state index contributed by atoms with van der Waals surface area (Å²) in [5, 5.41) is 21.4. The number of aliphatic hydroxyl groups is 2. The monoisotopic (exact) mass is 250 g/mol. The Labute approximate surface area is 111 Å². The third-order valence-corrected chi connectivity index (χ3v) is 4.64. The highest BCUT2D eigenvalue weighted by Crippen LogP contribution is 2.51. The van der Waals surface area contributed by atoms with Crippen molar-refractivity contribution >= 4 is 0 Å². The van der Waals surface area contributed by atoms with Crippen LogP contribution in [0.2, 0.25) is 0 Å². The van der Waals surface area contributed by atoms with Crippen molar-refractivity contribution in [1.82, 2.24) is 0 Å². The van der Waals surface area contributed by atoms with E-state index < -0.39 is 17.1 Å². The maximum Gasteiger partial charge on any atom is 0.0768 e. The summed E-state index contributed by atoms with van der Waals surface area (Å²) in [6, 6.07) is 0. The zero-order chi connectivity index (χ0) is 14.0. The molecule has 2 N–H and O–H groups in total. The van der Waals surface area contributed by atoms with Gasteiger partial charge < -0.3 is 10.2 Å². The first-order valence-corrected chi connectivity index (χ1v) is 6.58. The van der Waals surface area contributed by atoms with E-state index in [4.69, 9.17) is 0 Å². The molecule has 0 aromatic carbocycles. The van der Waals surface area contributed by atoms with E-state index >= 15 is 0 Å². The van der Waals surface area contributed by atoms with Crippen LogP contribution in [-0.2, 0) is 0 Å². The summed E-state index contributed by atoms with van der Waals surface area (Å²) in [7, 11) is 0. The maximum atomic E-state index is 11.0. The second-order valence-corrected chi connectivity index (χ2v) is 5.93. The van der Waals surface area contributed by atoms with Crippen LogP contribution in [0.5, 0.6) is 0 Å². The Morgan fingerprint density at radius 2 is 1.89 bits per heavy atom. The highest BCUT2D eigenvalue weighted by atomic mass is 16.3. The lowest BCUT2D eigenvalue weighted by Crippen LogP contribution is -2.58.